The zero-order valence-electron chi connectivity index (χ0n) is 11.8. The van der Waals surface area contributed by atoms with Crippen molar-refractivity contribution in [3.05, 3.63) is 29.8 Å². The average Bonchev–Trinajstić information content (AvgIpc) is 2.39. The lowest BCUT2D eigenvalue weighted by atomic mass is 9.91. The smallest absolute Gasteiger partial charge is 0.124 e. The van der Waals surface area contributed by atoms with Crippen molar-refractivity contribution in [1.82, 2.24) is 4.90 Å². The van der Waals surface area contributed by atoms with Gasteiger partial charge >= 0.3 is 0 Å². The molecule has 2 N–H and O–H groups in total. The number of nitrogens with two attached hydrogens (primary N) is 1. The van der Waals surface area contributed by atoms with E-state index < -0.39 is 0 Å². The highest BCUT2D eigenvalue weighted by Crippen LogP contribution is 2.34. The fourth-order valence-electron chi connectivity index (χ4n) is 2.42. The maximum atomic E-state index is 6.42. The van der Waals surface area contributed by atoms with Crippen LogP contribution < -0.4 is 10.5 Å². The number of fused-ring (bicyclic) bond motifs is 1. The zero-order valence-corrected chi connectivity index (χ0v) is 11.8. The van der Waals surface area contributed by atoms with Gasteiger partial charge in [0.25, 0.3) is 0 Å². The Bertz CT molecular complexity index is 417. The molecule has 2 unspecified atom stereocenters. The molecule has 1 heterocycles. The number of likely N-dealkylation sites (N-methyl/N-ethyl adjacent to an activating group) is 1. The molecule has 2 atom stereocenters. The summed E-state index contributed by atoms with van der Waals surface area (Å²) in [7, 11) is 2.14. The van der Waals surface area contributed by atoms with Crippen LogP contribution in [0.3, 0.4) is 0 Å². The summed E-state index contributed by atoms with van der Waals surface area (Å²) in [5.74, 6) is 0.934. The van der Waals surface area contributed by atoms with Gasteiger partial charge in [-0.2, -0.15) is 0 Å². The molecule has 1 aliphatic heterocycles. The third-order valence-electron chi connectivity index (χ3n) is 4.42. The molecule has 1 aromatic carbocycles. The molecule has 1 aliphatic rings. The normalized spacial score (nSPS) is 23.7. The molecule has 0 radical (unpaired) electrons. The Morgan fingerprint density at radius 2 is 2.06 bits per heavy atom. The van der Waals surface area contributed by atoms with Crippen molar-refractivity contribution in [2.24, 2.45) is 5.73 Å². The van der Waals surface area contributed by atoms with Gasteiger partial charge < -0.3 is 10.5 Å². The van der Waals surface area contributed by atoms with Gasteiger partial charge in [-0.15, -0.1) is 0 Å². The predicted octanol–water partition coefficient (Wildman–Crippen LogP) is 2.57. The molecule has 0 fully saturated rings. The molecule has 0 saturated heterocycles. The van der Waals surface area contributed by atoms with Crippen molar-refractivity contribution in [2.75, 3.05) is 13.7 Å². The fraction of sp³-hybridized carbons (Fsp3) is 0.600. The van der Waals surface area contributed by atoms with Gasteiger partial charge in [0.15, 0.2) is 0 Å². The number of hydrogen-bond acceptors (Lipinski definition) is 3. The third kappa shape index (κ3) is 2.25. The summed E-state index contributed by atoms with van der Waals surface area (Å²) in [6.07, 6.45) is 1.09. The summed E-state index contributed by atoms with van der Waals surface area (Å²) < 4.78 is 5.85. The van der Waals surface area contributed by atoms with Crippen LogP contribution in [0.2, 0.25) is 0 Å². The molecular formula is C15H24N2O. The van der Waals surface area contributed by atoms with Crippen LogP contribution in [0, 0.1) is 0 Å². The van der Waals surface area contributed by atoms with Crippen LogP contribution in [0.25, 0.3) is 0 Å². The van der Waals surface area contributed by atoms with Gasteiger partial charge in [0, 0.05) is 11.1 Å². The Labute approximate surface area is 110 Å². The maximum absolute atomic E-state index is 6.42. The van der Waals surface area contributed by atoms with Crippen molar-refractivity contribution >= 4 is 0 Å². The molecular weight excluding hydrogens is 224 g/mol. The quantitative estimate of drug-likeness (QED) is 0.893. The van der Waals surface area contributed by atoms with Crippen molar-refractivity contribution in [3.63, 3.8) is 0 Å². The van der Waals surface area contributed by atoms with E-state index in [-0.39, 0.29) is 17.6 Å². The number of nitrogens with zero attached hydrogens (tertiary/aromatic N) is 1. The third-order valence-corrected chi connectivity index (χ3v) is 4.42. The highest BCUT2D eigenvalue weighted by atomic mass is 16.5. The van der Waals surface area contributed by atoms with Crippen LogP contribution in [-0.2, 0) is 0 Å². The van der Waals surface area contributed by atoms with Crippen molar-refractivity contribution in [3.8, 4) is 5.75 Å². The monoisotopic (exact) mass is 248 g/mol. The summed E-state index contributed by atoms with van der Waals surface area (Å²) in [6.45, 7) is 7.37. The average molecular weight is 248 g/mol. The summed E-state index contributed by atoms with van der Waals surface area (Å²) in [4.78, 5) is 2.35. The minimum atomic E-state index is 0.0192. The first-order valence-electron chi connectivity index (χ1n) is 6.67. The van der Waals surface area contributed by atoms with Crippen molar-refractivity contribution < 1.29 is 4.74 Å². The van der Waals surface area contributed by atoms with Crippen LogP contribution in [0.1, 0.15) is 38.8 Å². The predicted molar refractivity (Wildman–Crippen MR) is 74.8 cm³/mol. The maximum Gasteiger partial charge on any atom is 0.124 e. The van der Waals surface area contributed by atoms with Gasteiger partial charge in [0.1, 0.15) is 12.4 Å². The van der Waals surface area contributed by atoms with E-state index in [1.54, 1.807) is 0 Å². The molecule has 3 heteroatoms. The topological polar surface area (TPSA) is 38.5 Å². The van der Waals surface area contributed by atoms with Crippen LogP contribution in [0.4, 0.5) is 0 Å². The minimum absolute atomic E-state index is 0.0192. The van der Waals surface area contributed by atoms with E-state index >= 15 is 0 Å². The second kappa shape index (κ2) is 4.90. The molecule has 0 spiro atoms. The molecule has 0 saturated carbocycles. The summed E-state index contributed by atoms with van der Waals surface area (Å²) in [5, 5.41) is 0. The van der Waals surface area contributed by atoms with E-state index in [0.717, 1.165) is 17.7 Å². The number of para-hydroxylation sites is 1. The summed E-state index contributed by atoms with van der Waals surface area (Å²) in [5.41, 5.74) is 7.68. The largest absolute Gasteiger partial charge is 0.492 e. The van der Waals surface area contributed by atoms with Gasteiger partial charge in [-0.25, -0.2) is 0 Å². The standard InChI is InChI=1S/C15H24N2O/c1-5-15(2,3)17(4)12-10-18-13-9-7-6-8-11(13)14(12)16/h6-9,12,14H,5,10,16H2,1-4H3. The lowest BCUT2D eigenvalue weighted by Gasteiger charge is -2.45. The van der Waals surface area contributed by atoms with Crippen LogP contribution in [0.15, 0.2) is 24.3 Å². The highest BCUT2D eigenvalue weighted by Gasteiger charge is 2.36. The van der Waals surface area contributed by atoms with Crippen LogP contribution in [0.5, 0.6) is 5.75 Å². The van der Waals surface area contributed by atoms with E-state index in [4.69, 9.17) is 10.5 Å². The molecule has 0 amide bonds. The van der Waals surface area contributed by atoms with Gasteiger partial charge in [0.2, 0.25) is 0 Å². The summed E-state index contributed by atoms with van der Waals surface area (Å²) >= 11 is 0. The van der Waals surface area contributed by atoms with Gasteiger partial charge in [-0.05, 0) is 33.4 Å². The Morgan fingerprint density at radius 1 is 1.39 bits per heavy atom. The number of rotatable bonds is 3. The van der Waals surface area contributed by atoms with Crippen molar-refractivity contribution in [2.45, 2.75) is 44.8 Å². The molecule has 0 aliphatic carbocycles. The number of benzene rings is 1. The molecule has 18 heavy (non-hydrogen) atoms. The molecule has 100 valence electrons. The SMILES string of the molecule is CCC(C)(C)N(C)C1COc2ccccc2C1N. The van der Waals surface area contributed by atoms with Crippen LogP contribution >= 0.6 is 0 Å². The van der Waals surface area contributed by atoms with Gasteiger partial charge in [-0.1, -0.05) is 25.1 Å². The lowest BCUT2D eigenvalue weighted by molar-refractivity contribution is 0.0409. The van der Waals surface area contributed by atoms with E-state index in [2.05, 4.69) is 38.8 Å². The van der Waals surface area contributed by atoms with E-state index in [0.29, 0.717) is 6.61 Å². The Morgan fingerprint density at radius 3 is 2.72 bits per heavy atom. The Kier molecular flexibility index (Phi) is 3.64. The molecule has 2 rings (SSSR count). The number of ether oxygens (including phenoxy) is 1. The van der Waals surface area contributed by atoms with Gasteiger partial charge in [0.05, 0.1) is 12.1 Å². The second-order valence-corrected chi connectivity index (χ2v) is 5.72. The first-order chi connectivity index (χ1) is 8.47. The number of hydrogen-bond donors (Lipinski definition) is 1. The fourth-order valence-corrected chi connectivity index (χ4v) is 2.42. The van der Waals surface area contributed by atoms with Crippen molar-refractivity contribution in [1.29, 1.82) is 0 Å². The molecule has 0 bridgehead atoms. The molecule has 0 aromatic heterocycles. The second-order valence-electron chi connectivity index (χ2n) is 5.72. The van der Waals surface area contributed by atoms with E-state index in [9.17, 15) is 0 Å². The highest BCUT2D eigenvalue weighted by molar-refractivity contribution is 5.38. The molecule has 1 aromatic rings. The Balaban J connectivity index is 2.24. The van der Waals surface area contributed by atoms with Gasteiger partial charge in [-0.3, -0.25) is 4.90 Å². The first kappa shape index (κ1) is 13.4. The molecule has 3 nitrogen and oxygen atoms in total. The summed E-state index contributed by atoms with van der Waals surface area (Å²) in [6, 6.07) is 8.33. The Hall–Kier alpha value is -1.06. The van der Waals surface area contributed by atoms with Crippen LogP contribution in [-0.4, -0.2) is 30.1 Å². The minimum Gasteiger partial charge on any atom is -0.492 e. The van der Waals surface area contributed by atoms with E-state index in [1.807, 2.05) is 18.2 Å². The first-order valence-corrected chi connectivity index (χ1v) is 6.67. The van der Waals surface area contributed by atoms with E-state index in [1.165, 1.54) is 0 Å². The zero-order chi connectivity index (χ0) is 13.3. The lowest BCUT2D eigenvalue weighted by Crippen LogP contribution is -2.54.